The molecule has 2 N–H and O–H groups in total. The second-order valence-electron chi connectivity index (χ2n) is 8.48. The van der Waals surface area contributed by atoms with Gasteiger partial charge in [-0.2, -0.15) is 13.2 Å². The van der Waals surface area contributed by atoms with Crippen LogP contribution >= 0.6 is 0 Å². The van der Waals surface area contributed by atoms with Crippen LogP contribution in [0.15, 0.2) is 24.3 Å². The van der Waals surface area contributed by atoms with E-state index in [-0.39, 0.29) is 11.7 Å². The van der Waals surface area contributed by atoms with Crippen molar-refractivity contribution in [2.24, 2.45) is 5.41 Å². The van der Waals surface area contributed by atoms with Crippen molar-refractivity contribution in [3.05, 3.63) is 24.3 Å². The lowest BCUT2D eigenvalue weighted by molar-refractivity contribution is -0.165. The van der Waals surface area contributed by atoms with Crippen molar-refractivity contribution in [1.82, 2.24) is 0 Å². The van der Waals surface area contributed by atoms with Gasteiger partial charge < -0.3 is 19.8 Å². The zero-order valence-electron chi connectivity index (χ0n) is 16.1. The normalized spacial score (nSPS) is 28.8. The van der Waals surface area contributed by atoms with Crippen LogP contribution in [0.2, 0.25) is 0 Å². The predicted molar refractivity (Wildman–Crippen MR) is 97.1 cm³/mol. The molecule has 1 amide bonds. The molecule has 1 spiro atoms. The third kappa shape index (κ3) is 3.98. The summed E-state index contributed by atoms with van der Waals surface area (Å²) in [5, 5.41) is 20.9. The Labute approximate surface area is 162 Å². The highest BCUT2D eigenvalue weighted by molar-refractivity contribution is 6.00. The van der Waals surface area contributed by atoms with Gasteiger partial charge in [0.2, 0.25) is 5.91 Å². The number of ether oxygens (including phenoxy) is 1. The summed E-state index contributed by atoms with van der Waals surface area (Å²) in [7, 11) is 0. The van der Waals surface area contributed by atoms with E-state index in [1.807, 2.05) is 0 Å². The molecule has 0 atom stereocenters. The second-order valence-corrected chi connectivity index (χ2v) is 8.48. The van der Waals surface area contributed by atoms with Gasteiger partial charge in [-0.1, -0.05) is 0 Å². The molecule has 0 unspecified atom stereocenters. The molecule has 3 rings (SSSR count). The molecule has 156 valence electrons. The van der Waals surface area contributed by atoms with Crippen LogP contribution in [0.5, 0.6) is 5.75 Å². The number of anilines is 1. The van der Waals surface area contributed by atoms with E-state index < -0.39 is 29.4 Å². The van der Waals surface area contributed by atoms with Gasteiger partial charge in [-0.05, 0) is 70.2 Å². The summed E-state index contributed by atoms with van der Waals surface area (Å²) in [6.07, 6.45) is -2.06. The molecule has 28 heavy (non-hydrogen) atoms. The summed E-state index contributed by atoms with van der Waals surface area (Å²) in [6.45, 7) is 2.32. The average molecular weight is 401 g/mol. The second kappa shape index (κ2) is 6.91. The van der Waals surface area contributed by atoms with Crippen LogP contribution in [0.25, 0.3) is 0 Å². The molecule has 8 heteroatoms. The molecular weight excluding hydrogens is 375 g/mol. The van der Waals surface area contributed by atoms with E-state index in [1.165, 1.54) is 12.1 Å². The Morgan fingerprint density at radius 1 is 1.07 bits per heavy atom. The van der Waals surface area contributed by atoms with E-state index in [0.29, 0.717) is 44.3 Å². The highest BCUT2D eigenvalue weighted by atomic mass is 19.4. The number of aliphatic hydroxyl groups is 2. The zero-order valence-corrected chi connectivity index (χ0v) is 16.1. The van der Waals surface area contributed by atoms with Crippen molar-refractivity contribution in [3.8, 4) is 5.75 Å². The largest absolute Gasteiger partial charge is 0.484 e. The van der Waals surface area contributed by atoms with Gasteiger partial charge >= 0.3 is 6.18 Å². The van der Waals surface area contributed by atoms with Gasteiger partial charge in [-0.3, -0.25) is 4.79 Å². The first-order valence-corrected chi connectivity index (χ1v) is 9.42. The number of carbonyl (C=O) groups is 1. The maximum Gasteiger partial charge on any atom is 0.422 e. The van der Waals surface area contributed by atoms with Crippen molar-refractivity contribution in [1.29, 1.82) is 0 Å². The Bertz CT molecular complexity index is 716. The summed E-state index contributed by atoms with van der Waals surface area (Å²) >= 11 is 0. The molecule has 1 aliphatic heterocycles. The number of alkyl halides is 3. The summed E-state index contributed by atoms with van der Waals surface area (Å²) in [5.41, 5.74) is -2.38. The lowest BCUT2D eigenvalue weighted by atomic mass is 9.64. The van der Waals surface area contributed by atoms with Gasteiger partial charge in [0.25, 0.3) is 0 Å². The molecule has 1 saturated carbocycles. The van der Waals surface area contributed by atoms with Crippen molar-refractivity contribution < 1.29 is 32.9 Å². The minimum Gasteiger partial charge on any atom is -0.484 e. The summed E-state index contributed by atoms with van der Waals surface area (Å²) in [6, 6.07) is 6.01. The fourth-order valence-electron chi connectivity index (χ4n) is 4.17. The molecule has 1 heterocycles. The number of amides is 1. The number of benzene rings is 1. The van der Waals surface area contributed by atoms with Crippen molar-refractivity contribution in [3.63, 3.8) is 0 Å². The smallest absolute Gasteiger partial charge is 0.422 e. The summed E-state index contributed by atoms with van der Waals surface area (Å²) in [5.74, 6) is 0.0598. The first kappa shape index (κ1) is 20.9. The molecule has 0 aromatic heterocycles. The first-order valence-electron chi connectivity index (χ1n) is 9.42. The van der Waals surface area contributed by atoms with Gasteiger partial charge in [0.05, 0.1) is 16.6 Å². The van der Waals surface area contributed by atoms with Gasteiger partial charge in [0.1, 0.15) is 5.75 Å². The molecule has 0 radical (unpaired) electrons. The van der Waals surface area contributed by atoms with Gasteiger partial charge in [-0.15, -0.1) is 0 Å². The molecule has 1 aliphatic carbocycles. The van der Waals surface area contributed by atoms with Crippen LogP contribution in [-0.4, -0.2) is 46.7 Å². The van der Waals surface area contributed by atoms with Gasteiger partial charge in [-0.25, -0.2) is 0 Å². The standard InChI is InChI=1S/C20H26F3NO4/c1-17(2,26)19(27)9-7-18(8-10-19)11-12-24(16(18)25)14-3-5-15(6-4-14)28-13-20(21,22)23/h3-6,26-27H,7-13H2,1-2H3. The molecule has 1 saturated heterocycles. The molecule has 0 bridgehead atoms. The van der Waals surface area contributed by atoms with E-state index in [9.17, 15) is 28.2 Å². The molecule has 5 nitrogen and oxygen atoms in total. The monoisotopic (exact) mass is 401 g/mol. The fraction of sp³-hybridized carbons (Fsp3) is 0.650. The lowest BCUT2D eigenvalue weighted by Crippen LogP contribution is -2.54. The van der Waals surface area contributed by atoms with Crippen molar-refractivity contribution >= 4 is 11.6 Å². The predicted octanol–water partition coefficient (Wildman–Crippen LogP) is 3.43. The maximum absolute atomic E-state index is 13.1. The quantitative estimate of drug-likeness (QED) is 0.811. The van der Waals surface area contributed by atoms with Crippen molar-refractivity contribution in [2.75, 3.05) is 18.1 Å². The Kier molecular flexibility index (Phi) is 5.17. The van der Waals surface area contributed by atoms with E-state index >= 15 is 0 Å². The summed E-state index contributed by atoms with van der Waals surface area (Å²) in [4.78, 5) is 14.7. The van der Waals surface area contributed by atoms with Crippen LogP contribution in [0.3, 0.4) is 0 Å². The maximum atomic E-state index is 13.1. The molecule has 1 aromatic rings. The third-order valence-electron chi connectivity index (χ3n) is 6.24. The number of rotatable bonds is 4. The fourth-order valence-corrected chi connectivity index (χ4v) is 4.17. The van der Waals surface area contributed by atoms with Crippen LogP contribution < -0.4 is 9.64 Å². The van der Waals surface area contributed by atoms with Crippen LogP contribution in [0.1, 0.15) is 46.0 Å². The Morgan fingerprint density at radius 2 is 1.64 bits per heavy atom. The first-order chi connectivity index (χ1) is 12.9. The number of nitrogens with zero attached hydrogens (tertiary/aromatic N) is 1. The lowest BCUT2D eigenvalue weighted by Gasteiger charge is -2.46. The number of hydrogen-bond acceptors (Lipinski definition) is 4. The van der Waals surface area contributed by atoms with Crippen molar-refractivity contribution in [2.45, 2.75) is 63.3 Å². The Morgan fingerprint density at radius 3 is 2.14 bits per heavy atom. The Balaban J connectivity index is 1.66. The topological polar surface area (TPSA) is 70.0 Å². The van der Waals surface area contributed by atoms with Crippen LogP contribution in [0.4, 0.5) is 18.9 Å². The number of halogens is 3. The molecule has 2 aliphatic rings. The van der Waals surface area contributed by atoms with E-state index in [2.05, 4.69) is 0 Å². The molecule has 2 fully saturated rings. The van der Waals surface area contributed by atoms with Crippen LogP contribution in [-0.2, 0) is 4.79 Å². The van der Waals surface area contributed by atoms with E-state index in [4.69, 9.17) is 4.74 Å². The minimum absolute atomic E-state index is 0.0331. The van der Waals surface area contributed by atoms with Gasteiger partial charge in [0, 0.05) is 12.2 Å². The highest BCUT2D eigenvalue weighted by Gasteiger charge is 2.54. The molecular formula is C20H26F3NO4. The minimum atomic E-state index is -4.40. The molecule has 1 aromatic carbocycles. The van der Waals surface area contributed by atoms with Crippen LogP contribution in [0, 0.1) is 5.41 Å². The SMILES string of the molecule is CC(C)(O)C1(O)CCC2(CCN(c3ccc(OCC(F)(F)F)cc3)C2=O)CC1. The third-order valence-corrected chi connectivity index (χ3v) is 6.24. The highest BCUT2D eigenvalue weighted by Crippen LogP contribution is 2.50. The van der Waals surface area contributed by atoms with E-state index in [0.717, 1.165) is 0 Å². The number of hydrogen-bond donors (Lipinski definition) is 2. The zero-order chi connectivity index (χ0) is 20.8. The average Bonchev–Trinajstić information content (AvgIpc) is 2.92. The van der Waals surface area contributed by atoms with E-state index in [1.54, 1.807) is 30.9 Å². The number of carbonyl (C=O) groups excluding carboxylic acids is 1. The van der Waals surface area contributed by atoms with Gasteiger partial charge in [0.15, 0.2) is 6.61 Å². The summed E-state index contributed by atoms with van der Waals surface area (Å²) < 4.78 is 41.4. The Hall–Kier alpha value is -1.80.